The molecule has 0 aliphatic carbocycles. The van der Waals surface area contributed by atoms with Gasteiger partial charge in [-0.3, -0.25) is 0 Å². The monoisotopic (exact) mass is 291 g/mol. The summed E-state index contributed by atoms with van der Waals surface area (Å²) in [5.74, 6) is -0.475. The summed E-state index contributed by atoms with van der Waals surface area (Å²) in [6.07, 6.45) is 0.347. The molecule has 1 atom stereocenters. The van der Waals surface area contributed by atoms with Gasteiger partial charge in [-0.25, -0.2) is 8.78 Å². The number of rotatable bonds is 5. The molecule has 0 aromatic heterocycles. The predicted octanol–water partition coefficient (Wildman–Crippen LogP) is 3.79. The van der Waals surface area contributed by atoms with Crippen molar-refractivity contribution in [3.05, 3.63) is 64.7 Å². The second-order valence-electron chi connectivity index (χ2n) is 5.00. The van der Waals surface area contributed by atoms with Crippen molar-refractivity contribution in [2.24, 2.45) is 0 Å². The molecule has 0 fully saturated rings. The number of halogens is 2. The lowest BCUT2D eigenvalue weighted by Crippen LogP contribution is -2.20. The predicted molar refractivity (Wildman–Crippen MR) is 79.6 cm³/mol. The smallest absolute Gasteiger partial charge is 0.168 e. The fourth-order valence-corrected chi connectivity index (χ4v) is 2.37. The average Bonchev–Trinajstić information content (AvgIpc) is 2.47. The summed E-state index contributed by atoms with van der Waals surface area (Å²) < 4.78 is 33.3. The Morgan fingerprint density at radius 3 is 2.57 bits per heavy atom. The largest absolute Gasteiger partial charge is 0.494 e. The SMILES string of the molecule is CNC(Cc1cccc(OC)c1F)c1ccc(C)cc1F. The van der Waals surface area contributed by atoms with Gasteiger partial charge in [0.05, 0.1) is 7.11 Å². The molecule has 2 aromatic carbocycles. The Balaban J connectivity index is 2.31. The first-order valence-electron chi connectivity index (χ1n) is 6.81. The number of benzene rings is 2. The molecular weight excluding hydrogens is 272 g/mol. The first-order valence-corrected chi connectivity index (χ1v) is 6.81. The van der Waals surface area contributed by atoms with E-state index < -0.39 is 5.82 Å². The van der Waals surface area contributed by atoms with Crippen molar-refractivity contribution in [3.63, 3.8) is 0 Å². The lowest BCUT2D eigenvalue weighted by molar-refractivity contribution is 0.382. The topological polar surface area (TPSA) is 21.3 Å². The summed E-state index contributed by atoms with van der Waals surface area (Å²) in [6, 6.07) is 9.77. The zero-order valence-electron chi connectivity index (χ0n) is 12.4. The molecule has 0 saturated heterocycles. The minimum Gasteiger partial charge on any atom is -0.494 e. The maximum Gasteiger partial charge on any atom is 0.168 e. The molecule has 2 aromatic rings. The quantitative estimate of drug-likeness (QED) is 0.905. The molecule has 21 heavy (non-hydrogen) atoms. The van der Waals surface area contributed by atoms with Gasteiger partial charge < -0.3 is 10.1 Å². The number of likely N-dealkylation sites (N-methyl/N-ethyl adjacent to an activating group) is 1. The van der Waals surface area contributed by atoms with E-state index in [1.54, 1.807) is 31.3 Å². The number of hydrogen-bond acceptors (Lipinski definition) is 2. The lowest BCUT2D eigenvalue weighted by atomic mass is 9.97. The van der Waals surface area contributed by atoms with E-state index in [4.69, 9.17) is 4.74 Å². The van der Waals surface area contributed by atoms with Gasteiger partial charge in [-0.1, -0.05) is 24.3 Å². The molecule has 0 spiro atoms. The Kier molecular flexibility index (Phi) is 4.91. The van der Waals surface area contributed by atoms with Crippen LogP contribution in [0.3, 0.4) is 0 Å². The number of ether oxygens (including phenoxy) is 1. The molecule has 0 saturated carbocycles. The van der Waals surface area contributed by atoms with Gasteiger partial charge in [-0.2, -0.15) is 0 Å². The molecule has 0 heterocycles. The zero-order valence-corrected chi connectivity index (χ0v) is 12.4. The molecule has 0 aliphatic heterocycles. The molecule has 112 valence electrons. The Bertz CT molecular complexity index is 628. The average molecular weight is 291 g/mol. The van der Waals surface area contributed by atoms with Crippen LogP contribution in [0.15, 0.2) is 36.4 Å². The van der Waals surface area contributed by atoms with E-state index in [2.05, 4.69) is 5.32 Å². The number of hydrogen-bond donors (Lipinski definition) is 1. The van der Waals surface area contributed by atoms with Crippen molar-refractivity contribution >= 4 is 0 Å². The van der Waals surface area contributed by atoms with Crippen LogP contribution in [0.5, 0.6) is 5.75 Å². The fraction of sp³-hybridized carbons (Fsp3) is 0.294. The first kappa shape index (κ1) is 15.4. The normalized spacial score (nSPS) is 12.2. The number of aryl methyl sites for hydroxylation is 1. The van der Waals surface area contributed by atoms with E-state index in [9.17, 15) is 8.78 Å². The maximum atomic E-state index is 14.2. The summed E-state index contributed by atoms with van der Waals surface area (Å²) in [4.78, 5) is 0. The second kappa shape index (κ2) is 6.68. The Morgan fingerprint density at radius 2 is 1.95 bits per heavy atom. The Labute approximate surface area is 123 Å². The number of nitrogens with one attached hydrogen (secondary N) is 1. The summed E-state index contributed by atoms with van der Waals surface area (Å²) in [6.45, 7) is 1.84. The van der Waals surface area contributed by atoms with E-state index in [-0.39, 0.29) is 17.6 Å². The van der Waals surface area contributed by atoms with E-state index in [0.29, 0.717) is 17.5 Å². The van der Waals surface area contributed by atoms with Crippen LogP contribution in [0, 0.1) is 18.6 Å². The maximum absolute atomic E-state index is 14.2. The molecule has 0 aliphatic rings. The first-order chi connectivity index (χ1) is 10.1. The van der Waals surface area contributed by atoms with E-state index >= 15 is 0 Å². The highest BCUT2D eigenvalue weighted by Gasteiger charge is 2.18. The molecule has 2 nitrogen and oxygen atoms in total. The van der Waals surface area contributed by atoms with E-state index in [0.717, 1.165) is 5.56 Å². The van der Waals surface area contributed by atoms with Crippen molar-refractivity contribution < 1.29 is 13.5 Å². The van der Waals surface area contributed by atoms with Crippen LogP contribution < -0.4 is 10.1 Å². The highest BCUT2D eigenvalue weighted by molar-refractivity contribution is 5.33. The third kappa shape index (κ3) is 3.39. The van der Waals surface area contributed by atoms with E-state index in [1.807, 2.05) is 13.0 Å². The third-order valence-corrected chi connectivity index (χ3v) is 3.57. The summed E-state index contributed by atoms with van der Waals surface area (Å²) >= 11 is 0. The lowest BCUT2D eigenvalue weighted by Gasteiger charge is -2.18. The van der Waals surface area contributed by atoms with Crippen LogP contribution in [-0.4, -0.2) is 14.2 Å². The standard InChI is InChI=1S/C17H19F2NO/c1-11-7-8-13(14(18)9-11)15(20-2)10-12-5-4-6-16(21-3)17(12)19/h4-9,15,20H,10H2,1-3H3. The molecule has 0 amide bonds. The Hall–Kier alpha value is -1.94. The van der Waals surface area contributed by atoms with Crippen molar-refractivity contribution in [2.45, 2.75) is 19.4 Å². The minimum absolute atomic E-state index is 0.201. The van der Waals surface area contributed by atoms with Crippen LogP contribution in [-0.2, 0) is 6.42 Å². The van der Waals surface area contributed by atoms with Gasteiger partial charge in [-0.05, 0) is 43.7 Å². The van der Waals surface area contributed by atoms with Gasteiger partial charge in [0, 0.05) is 11.6 Å². The molecule has 2 rings (SSSR count). The van der Waals surface area contributed by atoms with Gasteiger partial charge in [0.25, 0.3) is 0 Å². The summed E-state index contributed by atoms with van der Waals surface area (Å²) in [5.41, 5.74) is 1.89. The highest BCUT2D eigenvalue weighted by Crippen LogP contribution is 2.26. The second-order valence-corrected chi connectivity index (χ2v) is 5.00. The van der Waals surface area contributed by atoms with E-state index in [1.165, 1.54) is 13.2 Å². The van der Waals surface area contributed by atoms with Gasteiger partial charge in [0.15, 0.2) is 11.6 Å². The van der Waals surface area contributed by atoms with Gasteiger partial charge in [0.2, 0.25) is 0 Å². The van der Waals surface area contributed by atoms with Gasteiger partial charge >= 0.3 is 0 Å². The van der Waals surface area contributed by atoms with Crippen LogP contribution in [0.25, 0.3) is 0 Å². The van der Waals surface area contributed by atoms with Crippen molar-refractivity contribution in [3.8, 4) is 5.75 Å². The summed E-state index contributed by atoms with van der Waals surface area (Å²) in [5, 5.41) is 3.04. The van der Waals surface area contributed by atoms with Crippen molar-refractivity contribution in [2.75, 3.05) is 14.2 Å². The van der Waals surface area contributed by atoms with Crippen molar-refractivity contribution in [1.82, 2.24) is 5.32 Å². The third-order valence-electron chi connectivity index (χ3n) is 3.57. The van der Waals surface area contributed by atoms with Crippen LogP contribution >= 0.6 is 0 Å². The van der Waals surface area contributed by atoms with Crippen LogP contribution in [0.1, 0.15) is 22.7 Å². The summed E-state index contributed by atoms with van der Waals surface area (Å²) in [7, 11) is 3.17. The molecule has 0 bridgehead atoms. The molecular formula is C17H19F2NO. The molecule has 1 N–H and O–H groups in total. The number of methoxy groups -OCH3 is 1. The van der Waals surface area contributed by atoms with Crippen molar-refractivity contribution in [1.29, 1.82) is 0 Å². The van der Waals surface area contributed by atoms with Crippen LogP contribution in [0.4, 0.5) is 8.78 Å². The highest BCUT2D eigenvalue weighted by atomic mass is 19.1. The van der Waals surface area contributed by atoms with Crippen LogP contribution in [0.2, 0.25) is 0 Å². The van der Waals surface area contributed by atoms with Gasteiger partial charge in [-0.15, -0.1) is 0 Å². The molecule has 4 heteroatoms. The van der Waals surface area contributed by atoms with Gasteiger partial charge in [0.1, 0.15) is 5.82 Å². The Morgan fingerprint density at radius 1 is 1.19 bits per heavy atom. The minimum atomic E-state index is -0.396. The fourth-order valence-electron chi connectivity index (χ4n) is 2.37. The molecule has 1 unspecified atom stereocenters. The molecule has 0 radical (unpaired) electrons. The zero-order chi connectivity index (χ0) is 15.4.